The number of benzene rings is 2. The molecule has 0 N–H and O–H groups in total. The van der Waals surface area contributed by atoms with Crippen molar-refractivity contribution < 1.29 is 13.9 Å². The van der Waals surface area contributed by atoms with Crippen LogP contribution in [0.2, 0.25) is 0 Å². The van der Waals surface area contributed by atoms with Gasteiger partial charge in [0.15, 0.2) is 5.13 Å². The molecule has 1 amide bonds. The van der Waals surface area contributed by atoms with Crippen LogP contribution >= 0.6 is 11.3 Å². The SMILES string of the molecule is COc1ccc(CC(=O)N(CCn2cccn2)c2nc3ccc(F)cc3s2)cc1C. The van der Waals surface area contributed by atoms with Crippen LogP contribution in [-0.4, -0.2) is 34.3 Å². The van der Waals surface area contributed by atoms with Crippen molar-refractivity contribution in [1.29, 1.82) is 0 Å². The van der Waals surface area contributed by atoms with E-state index in [9.17, 15) is 9.18 Å². The predicted molar refractivity (Wildman–Crippen MR) is 116 cm³/mol. The van der Waals surface area contributed by atoms with E-state index in [1.165, 1.54) is 23.5 Å². The molecule has 0 saturated heterocycles. The summed E-state index contributed by atoms with van der Waals surface area (Å²) in [6.07, 6.45) is 3.78. The molecule has 0 aliphatic carbocycles. The lowest BCUT2D eigenvalue weighted by molar-refractivity contribution is -0.118. The van der Waals surface area contributed by atoms with E-state index in [0.717, 1.165) is 16.9 Å². The number of amides is 1. The van der Waals surface area contributed by atoms with E-state index < -0.39 is 0 Å². The van der Waals surface area contributed by atoms with Crippen molar-refractivity contribution in [3.8, 4) is 5.75 Å². The third-order valence-electron chi connectivity index (χ3n) is 4.80. The molecule has 0 atom stereocenters. The number of aryl methyl sites for hydroxylation is 1. The first-order chi connectivity index (χ1) is 14.5. The first kappa shape index (κ1) is 20.0. The standard InChI is InChI=1S/C22H21FN4O2S/c1-15-12-16(4-7-19(15)29-2)13-21(28)27(11-10-26-9-3-8-24-26)22-25-18-6-5-17(23)14-20(18)30-22/h3-9,12,14H,10-11,13H2,1-2H3. The number of aromatic nitrogens is 3. The van der Waals surface area contributed by atoms with Crippen molar-refractivity contribution in [2.75, 3.05) is 18.6 Å². The quantitative estimate of drug-likeness (QED) is 0.446. The summed E-state index contributed by atoms with van der Waals surface area (Å²) in [6.45, 7) is 2.90. The summed E-state index contributed by atoms with van der Waals surface area (Å²) >= 11 is 1.31. The number of rotatable bonds is 7. The fraction of sp³-hybridized carbons (Fsp3) is 0.227. The van der Waals surface area contributed by atoms with Crippen molar-refractivity contribution in [2.24, 2.45) is 0 Å². The number of hydrogen-bond donors (Lipinski definition) is 0. The molecule has 0 aliphatic rings. The Bertz CT molecular complexity index is 1170. The third-order valence-corrected chi connectivity index (χ3v) is 5.84. The summed E-state index contributed by atoms with van der Waals surface area (Å²) < 4.78 is 21.4. The molecule has 0 aliphatic heterocycles. The monoisotopic (exact) mass is 424 g/mol. The van der Waals surface area contributed by atoms with Crippen LogP contribution < -0.4 is 9.64 Å². The van der Waals surface area contributed by atoms with Gasteiger partial charge in [0.1, 0.15) is 11.6 Å². The molecule has 0 saturated carbocycles. The van der Waals surface area contributed by atoms with Gasteiger partial charge in [-0.3, -0.25) is 14.4 Å². The number of methoxy groups -OCH3 is 1. The van der Waals surface area contributed by atoms with E-state index >= 15 is 0 Å². The second kappa shape index (κ2) is 8.62. The highest BCUT2D eigenvalue weighted by atomic mass is 32.1. The number of hydrogen-bond acceptors (Lipinski definition) is 5. The highest BCUT2D eigenvalue weighted by Crippen LogP contribution is 2.30. The fourth-order valence-electron chi connectivity index (χ4n) is 3.28. The molecule has 0 spiro atoms. The average Bonchev–Trinajstić information content (AvgIpc) is 3.37. The van der Waals surface area contributed by atoms with Crippen molar-refractivity contribution >= 4 is 32.6 Å². The highest BCUT2D eigenvalue weighted by Gasteiger charge is 2.21. The van der Waals surface area contributed by atoms with Gasteiger partial charge in [0.2, 0.25) is 5.91 Å². The van der Waals surface area contributed by atoms with Gasteiger partial charge in [-0.15, -0.1) is 0 Å². The van der Waals surface area contributed by atoms with Crippen LogP contribution in [0.4, 0.5) is 9.52 Å². The number of carbonyl (C=O) groups excluding carboxylic acids is 1. The molecule has 4 rings (SSSR count). The Kier molecular flexibility index (Phi) is 5.76. The van der Waals surface area contributed by atoms with Crippen LogP contribution in [0.3, 0.4) is 0 Å². The molecule has 0 unspecified atom stereocenters. The zero-order valence-corrected chi connectivity index (χ0v) is 17.5. The van der Waals surface area contributed by atoms with E-state index in [0.29, 0.717) is 28.4 Å². The van der Waals surface area contributed by atoms with Crippen molar-refractivity contribution in [2.45, 2.75) is 19.9 Å². The Balaban J connectivity index is 1.61. The second-order valence-electron chi connectivity index (χ2n) is 6.90. The van der Waals surface area contributed by atoms with Crippen molar-refractivity contribution in [3.63, 3.8) is 0 Å². The van der Waals surface area contributed by atoms with Gasteiger partial charge in [0, 0.05) is 18.9 Å². The van der Waals surface area contributed by atoms with Crippen LogP contribution in [0, 0.1) is 12.7 Å². The van der Waals surface area contributed by atoms with Crippen molar-refractivity contribution in [3.05, 3.63) is 71.8 Å². The minimum atomic E-state index is -0.319. The highest BCUT2D eigenvalue weighted by molar-refractivity contribution is 7.22. The normalized spacial score (nSPS) is 11.0. The number of nitrogens with zero attached hydrogens (tertiary/aromatic N) is 4. The lowest BCUT2D eigenvalue weighted by Gasteiger charge is -2.20. The van der Waals surface area contributed by atoms with E-state index in [1.54, 1.807) is 29.0 Å². The topological polar surface area (TPSA) is 60.2 Å². The smallest absolute Gasteiger partial charge is 0.233 e. The van der Waals surface area contributed by atoms with Gasteiger partial charge < -0.3 is 4.74 Å². The Morgan fingerprint density at radius 1 is 1.27 bits per heavy atom. The minimum absolute atomic E-state index is 0.0775. The molecule has 6 nitrogen and oxygen atoms in total. The number of halogens is 1. The van der Waals surface area contributed by atoms with Crippen LogP contribution in [0.5, 0.6) is 5.75 Å². The van der Waals surface area contributed by atoms with Gasteiger partial charge in [-0.25, -0.2) is 9.37 Å². The van der Waals surface area contributed by atoms with Gasteiger partial charge in [-0.05, 0) is 48.4 Å². The first-order valence-corrected chi connectivity index (χ1v) is 10.3. The number of ether oxygens (including phenoxy) is 1. The van der Waals surface area contributed by atoms with E-state index in [1.807, 2.05) is 37.4 Å². The van der Waals surface area contributed by atoms with Gasteiger partial charge in [-0.2, -0.15) is 5.10 Å². The van der Waals surface area contributed by atoms with Crippen molar-refractivity contribution in [1.82, 2.24) is 14.8 Å². The zero-order valence-electron chi connectivity index (χ0n) is 16.7. The van der Waals surface area contributed by atoms with Crippen LogP contribution in [-0.2, 0) is 17.8 Å². The maximum Gasteiger partial charge on any atom is 0.233 e. The van der Waals surface area contributed by atoms with Gasteiger partial charge in [0.05, 0.1) is 30.3 Å². The van der Waals surface area contributed by atoms with E-state index in [-0.39, 0.29) is 18.1 Å². The van der Waals surface area contributed by atoms with Gasteiger partial charge in [-0.1, -0.05) is 23.5 Å². The van der Waals surface area contributed by atoms with Crippen LogP contribution in [0.25, 0.3) is 10.2 Å². The molecule has 0 bridgehead atoms. The Morgan fingerprint density at radius 3 is 2.87 bits per heavy atom. The maximum absolute atomic E-state index is 13.6. The molecular weight excluding hydrogens is 403 g/mol. The summed E-state index contributed by atoms with van der Waals surface area (Å²) in [5.74, 6) is 0.391. The second-order valence-corrected chi connectivity index (χ2v) is 7.91. The number of fused-ring (bicyclic) bond motifs is 1. The molecule has 8 heteroatoms. The third kappa shape index (κ3) is 4.33. The Labute approximate surface area is 177 Å². The lowest BCUT2D eigenvalue weighted by atomic mass is 10.1. The lowest BCUT2D eigenvalue weighted by Crippen LogP contribution is -2.35. The number of carbonyl (C=O) groups is 1. The van der Waals surface area contributed by atoms with Crippen LogP contribution in [0.15, 0.2) is 54.9 Å². The fourth-order valence-corrected chi connectivity index (χ4v) is 4.32. The Hall–Kier alpha value is -3.26. The molecule has 4 aromatic rings. The average molecular weight is 425 g/mol. The van der Waals surface area contributed by atoms with E-state index in [4.69, 9.17) is 4.74 Å². The molecule has 30 heavy (non-hydrogen) atoms. The summed E-state index contributed by atoms with van der Waals surface area (Å²) in [4.78, 5) is 19.5. The largest absolute Gasteiger partial charge is 0.496 e. The molecule has 0 radical (unpaired) electrons. The van der Waals surface area contributed by atoms with Gasteiger partial charge in [0.25, 0.3) is 0 Å². The summed E-state index contributed by atoms with van der Waals surface area (Å²) in [7, 11) is 1.63. The molecule has 154 valence electrons. The zero-order chi connectivity index (χ0) is 21.1. The molecule has 2 aromatic heterocycles. The Morgan fingerprint density at radius 2 is 2.13 bits per heavy atom. The molecular formula is C22H21FN4O2S. The first-order valence-electron chi connectivity index (χ1n) is 9.51. The number of thiazole rings is 1. The maximum atomic E-state index is 13.6. The van der Waals surface area contributed by atoms with Gasteiger partial charge >= 0.3 is 0 Å². The summed E-state index contributed by atoms with van der Waals surface area (Å²) in [6, 6.07) is 12.0. The van der Waals surface area contributed by atoms with Crippen LogP contribution in [0.1, 0.15) is 11.1 Å². The summed E-state index contributed by atoms with van der Waals surface area (Å²) in [5.41, 5.74) is 2.55. The summed E-state index contributed by atoms with van der Waals surface area (Å²) in [5, 5.41) is 4.76. The predicted octanol–water partition coefficient (Wildman–Crippen LogP) is 4.22. The molecule has 0 fully saturated rings. The van der Waals surface area contributed by atoms with E-state index in [2.05, 4.69) is 10.1 Å². The molecule has 2 heterocycles. The molecule has 2 aromatic carbocycles. The minimum Gasteiger partial charge on any atom is -0.496 e. The number of anilines is 1.